The highest BCUT2D eigenvalue weighted by molar-refractivity contribution is 6.09. The standard InChI is InChI=1S/C45H25F2N7/c46-37-16-12-29(31-18-22-50-41-33(31)14-10-26-8-4-20-48-39(26)41)24-35(37)44-52-43(28-6-2-1-3-7-28)53-45(54-44)36-25-30(13-17-38(36)47)32-19-23-51-42-34(32)15-11-27-9-5-21-49-40(27)42/h1-25H. The van der Waals surface area contributed by atoms with Gasteiger partial charge in [-0.2, -0.15) is 0 Å². The van der Waals surface area contributed by atoms with Crippen molar-refractivity contribution in [2.24, 2.45) is 0 Å². The van der Waals surface area contributed by atoms with Crippen LogP contribution >= 0.6 is 0 Å². The predicted molar refractivity (Wildman–Crippen MR) is 208 cm³/mol. The molecule has 0 unspecified atom stereocenters. The zero-order valence-corrected chi connectivity index (χ0v) is 28.3. The van der Waals surface area contributed by atoms with Gasteiger partial charge in [-0.25, -0.2) is 23.7 Å². The van der Waals surface area contributed by atoms with E-state index in [2.05, 4.69) is 19.9 Å². The average molecular weight is 702 g/mol. The number of rotatable bonds is 5. The largest absolute Gasteiger partial charge is 0.254 e. The molecule has 0 atom stereocenters. The fraction of sp³-hybridized carbons (Fsp3) is 0. The fourth-order valence-electron chi connectivity index (χ4n) is 7.07. The molecule has 0 radical (unpaired) electrons. The Hall–Kier alpha value is -7.39. The molecule has 0 spiro atoms. The highest BCUT2D eigenvalue weighted by Crippen LogP contribution is 2.37. The van der Waals surface area contributed by atoms with Crippen LogP contribution in [0.4, 0.5) is 8.78 Å². The maximum Gasteiger partial charge on any atom is 0.167 e. The Balaban J connectivity index is 1.15. The summed E-state index contributed by atoms with van der Waals surface area (Å²) in [6.07, 6.45) is 6.94. The Morgan fingerprint density at radius 3 is 1.33 bits per heavy atom. The molecule has 0 aliphatic heterocycles. The van der Waals surface area contributed by atoms with Crippen molar-refractivity contribution in [1.82, 2.24) is 34.9 Å². The van der Waals surface area contributed by atoms with Gasteiger partial charge in [-0.1, -0.05) is 78.9 Å². The van der Waals surface area contributed by atoms with Crippen LogP contribution in [0.25, 0.3) is 100 Å². The van der Waals surface area contributed by atoms with E-state index in [1.165, 1.54) is 12.1 Å². The molecule has 0 amide bonds. The molecule has 0 fully saturated rings. The zero-order chi connectivity index (χ0) is 36.2. The van der Waals surface area contributed by atoms with Crippen LogP contribution in [0.1, 0.15) is 0 Å². The van der Waals surface area contributed by atoms with Crippen molar-refractivity contribution in [2.75, 3.05) is 0 Å². The van der Waals surface area contributed by atoms with Gasteiger partial charge in [0.2, 0.25) is 0 Å². The summed E-state index contributed by atoms with van der Waals surface area (Å²) in [6.45, 7) is 0. The summed E-state index contributed by atoms with van der Waals surface area (Å²) in [6, 6.07) is 38.5. The van der Waals surface area contributed by atoms with Gasteiger partial charge in [0, 0.05) is 51.9 Å². The Bertz CT molecular complexity index is 2910. The lowest BCUT2D eigenvalue weighted by Gasteiger charge is -2.13. The number of hydrogen-bond acceptors (Lipinski definition) is 7. The second-order valence-electron chi connectivity index (χ2n) is 12.9. The van der Waals surface area contributed by atoms with Crippen LogP contribution in [0.2, 0.25) is 0 Å². The minimum Gasteiger partial charge on any atom is -0.254 e. The normalized spacial score (nSPS) is 11.5. The van der Waals surface area contributed by atoms with Crippen LogP contribution < -0.4 is 0 Å². The Kier molecular flexibility index (Phi) is 7.36. The predicted octanol–water partition coefficient (Wildman–Crippen LogP) is 10.7. The summed E-state index contributed by atoms with van der Waals surface area (Å²) in [7, 11) is 0. The van der Waals surface area contributed by atoms with Gasteiger partial charge in [0.05, 0.1) is 33.2 Å². The molecule has 5 aromatic carbocycles. The van der Waals surface area contributed by atoms with Crippen LogP contribution in [-0.4, -0.2) is 34.9 Å². The summed E-state index contributed by atoms with van der Waals surface area (Å²) in [5.74, 6) is -0.637. The quantitative estimate of drug-likeness (QED) is 0.165. The third-order valence-electron chi connectivity index (χ3n) is 9.67. The first-order chi connectivity index (χ1) is 26.6. The van der Waals surface area contributed by atoms with Gasteiger partial charge in [0.15, 0.2) is 17.5 Å². The minimum atomic E-state index is -0.529. The second-order valence-corrected chi connectivity index (χ2v) is 12.9. The summed E-state index contributed by atoms with van der Waals surface area (Å²) >= 11 is 0. The number of hydrogen-bond donors (Lipinski definition) is 0. The van der Waals surface area contributed by atoms with Gasteiger partial charge < -0.3 is 0 Å². The van der Waals surface area contributed by atoms with Crippen LogP contribution in [0.3, 0.4) is 0 Å². The second kappa shape index (κ2) is 12.7. The monoisotopic (exact) mass is 701 g/mol. The van der Waals surface area contributed by atoms with Crippen LogP contribution in [0.15, 0.2) is 152 Å². The summed E-state index contributed by atoms with van der Waals surface area (Å²) in [5.41, 5.74) is 7.17. The van der Waals surface area contributed by atoms with Gasteiger partial charge >= 0.3 is 0 Å². The average Bonchev–Trinajstić information content (AvgIpc) is 3.23. The molecule has 10 rings (SSSR count). The molecule has 0 saturated carbocycles. The van der Waals surface area contributed by atoms with Crippen LogP contribution in [-0.2, 0) is 0 Å². The third kappa shape index (κ3) is 5.29. The van der Waals surface area contributed by atoms with E-state index in [-0.39, 0.29) is 28.6 Å². The molecule has 0 aliphatic rings. The van der Waals surface area contributed by atoms with E-state index in [1.54, 1.807) is 49.1 Å². The molecule has 9 heteroatoms. The SMILES string of the molecule is Fc1ccc(-c2ccnc3c2ccc2cccnc23)cc1-c1nc(-c2ccccc2)nc(-c2cc(-c3ccnc4c3ccc3cccnc34)ccc2F)n1. The fourth-order valence-corrected chi connectivity index (χ4v) is 7.07. The molecule has 0 bridgehead atoms. The number of aromatic nitrogens is 7. The number of pyridine rings is 4. The van der Waals surface area contributed by atoms with E-state index < -0.39 is 11.6 Å². The van der Waals surface area contributed by atoms with E-state index in [9.17, 15) is 0 Å². The molecule has 0 saturated heterocycles. The molecule has 7 nitrogen and oxygen atoms in total. The highest BCUT2D eigenvalue weighted by Gasteiger charge is 2.20. The lowest BCUT2D eigenvalue weighted by atomic mass is 9.97. The molecule has 0 N–H and O–H groups in total. The van der Waals surface area contributed by atoms with E-state index in [1.807, 2.05) is 91.0 Å². The lowest BCUT2D eigenvalue weighted by molar-refractivity contribution is 0.628. The number of halogens is 2. The molecular formula is C45H25F2N7. The number of nitrogens with zero attached hydrogens (tertiary/aromatic N) is 7. The van der Waals surface area contributed by atoms with E-state index in [0.717, 1.165) is 65.9 Å². The summed E-state index contributed by atoms with van der Waals surface area (Å²) < 4.78 is 32.0. The summed E-state index contributed by atoms with van der Waals surface area (Å²) in [5, 5.41) is 3.68. The molecule has 54 heavy (non-hydrogen) atoms. The number of fused-ring (bicyclic) bond motifs is 6. The van der Waals surface area contributed by atoms with Crippen LogP contribution in [0.5, 0.6) is 0 Å². The molecular weight excluding hydrogens is 677 g/mol. The molecule has 254 valence electrons. The minimum absolute atomic E-state index is 0.0698. The Morgan fingerprint density at radius 2 is 0.815 bits per heavy atom. The highest BCUT2D eigenvalue weighted by atomic mass is 19.1. The Labute approximate surface area is 306 Å². The zero-order valence-electron chi connectivity index (χ0n) is 28.3. The van der Waals surface area contributed by atoms with Crippen molar-refractivity contribution in [3.8, 4) is 56.4 Å². The third-order valence-corrected chi connectivity index (χ3v) is 9.67. The van der Waals surface area contributed by atoms with Crippen molar-refractivity contribution >= 4 is 43.6 Å². The van der Waals surface area contributed by atoms with Gasteiger partial charge in [0.1, 0.15) is 11.6 Å². The molecule has 5 heterocycles. The first-order valence-electron chi connectivity index (χ1n) is 17.3. The summed E-state index contributed by atoms with van der Waals surface area (Å²) in [4.78, 5) is 32.7. The van der Waals surface area contributed by atoms with Gasteiger partial charge in [0.25, 0.3) is 0 Å². The van der Waals surface area contributed by atoms with Crippen molar-refractivity contribution in [3.63, 3.8) is 0 Å². The van der Waals surface area contributed by atoms with Crippen molar-refractivity contribution in [1.29, 1.82) is 0 Å². The molecule has 0 aliphatic carbocycles. The van der Waals surface area contributed by atoms with Crippen molar-refractivity contribution in [2.45, 2.75) is 0 Å². The van der Waals surface area contributed by atoms with Gasteiger partial charge in [-0.05, 0) is 70.8 Å². The molecule has 10 aromatic rings. The maximum absolute atomic E-state index is 16.0. The molecule has 5 aromatic heterocycles. The first-order valence-corrected chi connectivity index (χ1v) is 17.3. The van der Waals surface area contributed by atoms with E-state index in [4.69, 9.17) is 15.0 Å². The van der Waals surface area contributed by atoms with E-state index >= 15 is 8.78 Å². The lowest BCUT2D eigenvalue weighted by Crippen LogP contribution is -2.03. The van der Waals surface area contributed by atoms with Gasteiger partial charge in [-0.3, -0.25) is 19.9 Å². The van der Waals surface area contributed by atoms with Crippen molar-refractivity contribution in [3.05, 3.63) is 164 Å². The van der Waals surface area contributed by atoms with Gasteiger partial charge in [-0.15, -0.1) is 0 Å². The number of benzene rings is 5. The van der Waals surface area contributed by atoms with Crippen molar-refractivity contribution < 1.29 is 8.78 Å². The smallest absolute Gasteiger partial charge is 0.167 e. The maximum atomic E-state index is 16.0. The van der Waals surface area contributed by atoms with E-state index in [0.29, 0.717) is 5.56 Å². The topological polar surface area (TPSA) is 90.2 Å². The Morgan fingerprint density at radius 1 is 0.333 bits per heavy atom. The first kappa shape index (κ1) is 31.4. The van der Waals surface area contributed by atoms with Crippen LogP contribution in [0, 0.1) is 11.6 Å².